The zero-order chi connectivity index (χ0) is 16.3. The van der Waals surface area contributed by atoms with Crippen LogP contribution in [0.5, 0.6) is 0 Å². The molecule has 2 aliphatic heterocycles. The smallest absolute Gasteiger partial charge is 0.191 e. The van der Waals surface area contributed by atoms with Gasteiger partial charge in [0.2, 0.25) is 0 Å². The van der Waals surface area contributed by atoms with E-state index in [2.05, 4.69) is 25.4 Å². The number of methoxy groups -OCH3 is 1. The maximum atomic E-state index is 5.37. The molecule has 0 spiro atoms. The average Bonchev–Trinajstić information content (AvgIpc) is 3.04. The van der Waals surface area contributed by atoms with E-state index in [-0.39, 0.29) is 0 Å². The number of likely N-dealkylation sites (tertiary alicyclic amines) is 1. The minimum Gasteiger partial charge on any atom is -0.383 e. The van der Waals surface area contributed by atoms with E-state index in [1.807, 2.05) is 7.05 Å². The number of rotatable bonds is 8. The Bertz CT molecular complexity index is 347. The van der Waals surface area contributed by atoms with Gasteiger partial charge in [0.1, 0.15) is 0 Å². The summed E-state index contributed by atoms with van der Waals surface area (Å²) >= 11 is 0. The van der Waals surface area contributed by atoms with Crippen LogP contribution >= 0.6 is 0 Å². The van der Waals surface area contributed by atoms with Gasteiger partial charge in [0.05, 0.1) is 19.8 Å². The summed E-state index contributed by atoms with van der Waals surface area (Å²) in [5, 5.41) is 6.88. The topological polar surface area (TPSA) is 61.4 Å². The first-order valence-electron chi connectivity index (χ1n) is 8.81. The minimum absolute atomic E-state index is 0.586. The van der Waals surface area contributed by atoms with Gasteiger partial charge < -0.3 is 20.1 Å². The highest BCUT2D eigenvalue weighted by molar-refractivity contribution is 5.79. The highest BCUT2D eigenvalue weighted by Gasteiger charge is 2.23. The highest BCUT2D eigenvalue weighted by atomic mass is 16.5. The largest absolute Gasteiger partial charge is 0.383 e. The van der Waals surface area contributed by atoms with Crippen molar-refractivity contribution in [3.63, 3.8) is 0 Å². The quantitative estimate of drug-likeness (QED) is 0.467. The molecule has 2 saturated heterocycles. The molecule has 2 heterocycles. The molecule has 23 heavy (non-hydrogen) atoms. The van der Waals surface area contributed by atoms with Gasteiger partial charge in [-0.05, 0) is 19.4 Å². The van der Waals surface area contributed by atoms with Crippen LogP contribution in [-0.2, 0) is 9.47 Å². The van der Waals surface area contributed by atoms with Crippen molar-refractivity contribution in [3.8, 4) is 0 Å². The Morgan fingerprint density at radius 2 is 2.04 bits per heavy atom. The lowest BCUT2D eigenvalue weighted by Gasteiger charge is -2.27. The van der Waals surface area contributed by atoms with Gasteiger partial charge in [-0.15, -0.1) is 0 Å². The molecular weight excluding hydrogens is 294 g/mol. The lowest BCUT2D eigenvalue weighted by Crippen LogP contribution is -2.47. The van der Waals surface area contributed by atoms with Crippen LogP contribution < -0.4 is 10.6 Å². The van der Waals surface area contributed by atoms with E-state index in [0.29, 0.717) is 6.04 Å². The SMILES string of the molecule is CN=C(NCCN1CCOCC1)NCC1CCCN1CCOC. The monoisotopic (exact) mass is 327 g/mol. The van der Waals surface area contributed by atoms with E-state index < -0.39 is 0 Å². The number of guanidine groups is 1. The zero-order valence-electron chi connectivity index (χ0n) is 14.7. The molecule has 0 aliphatic carbocycles. The van der Waals surface area contributed by atoms with Gasteiger partial charge in [-0.25, -0.2) is 0 Å². The van der Waals surface area contributed by atoms with Crippen molar-refractivity contribution < 1.29 is 9.47 Å². The first kappa shape index (κ1) is 18.4. The lowest BCUT2D eigenvalue weighted by molar-refractivity contribution is 0.0389. The Morgan fingerprint density at radius 1 is 1.22 bits per heavy atom. The van der Waals surface area contributed by atoms with Gasteiger partial charge in [-0.3, -0.25) is 14.8 Å². The van der Waals surface area contributed by atoms with Gasteiger partial charge in [-0.1, -0.05) is 0 Å². The van der Waals surface area contributed by atoms with Crippen molar-refractivity contribution in [3.05, 3.63) is 0 Å². The predicted octanol–water partition coefficient (Wildman–Crippen LogP) is -0.406. The molecule has 0 bridgehead atoms. The van der Waals surface area contributed by atoms with Crippen LogP contribution in [0, 0.1) is 0 Å². The number of nitrogens with one attached hydrogen (secondary N) is 2. The molecule has 0 amide bonds. The van der Waals surface area contributed by atoms with E-state index >= 15 is 0 Å². The number of hydrogen-bond acceptors (Lipinski definition) is 5. The van der Waals surface area contributed by atoms with Crippen LogP contribution in [0.1, 0.15) is 12.8 Å². The Balaban J connectivity index is 1.62. The Morgan fingerprint density at radius 3 is 2.78 bits per heavy atom. The lowest BCUT2D eigenvalue weighted by atomic mass is 10.2. The van der Waals surface area contributed by atoms with E-state index in [0.717, 1.165) is 65.0 Å². The number of ether oxygens (including phenoxy) is 2. The van der Waals surface area contributed by atoms with E-state index in [4.69, 9.17) is 9.47 Å². The second kappa shape index (κ2) is 10.8. The molecule has 7 heteroatoms. The molecule has 134 valence electrons. The van der Waals surface area contributed by atoms with Crippen molar-refractivity contribution in [2.75, 3.05) is 79.8 Å². The number of nitrogens with zero attached hydrogens (tertiary/aromatic N) is 3. The number of hydrogen-bond donors (Lipinski definition) is 2. The molecule has 2 fully saturated rings. The normalized spacial score (nSPS) is 24.1. The van der Waals surface area contributed by atoms with Crippen LogP contribution in [-0.4, -0.2) is 102 Å². The van der Waals surface area contributed by atoms with Gasteiger partial charge >= 0.3 is 0 Å². The van der Waals surface area contributed by atoms with Crippen molar-refractivity contribution in [2.45, 2.75) is 18.9 Å². The molecule has 2 N–H and O–H groups in total. The Hall–Kier alpha value is -0.890. The summed E-state index contributed by atoms with van der Waals surface area (Å²) in [6.07, 6.45) is 2.53. The molecule has 2 rings (SSSR count). The third kappa shape index (κ3) is 6.63. The van der Waals surface area contributed by atoms with Gasteiger partial charge in [0, 0.05) is 59.5 Å². The molecule has 2 aliphatic rings. The number of aliphatic imine (C=N–C) groups is 1. The first-order valence-corrected chi connectivity index (χ1v) is 8.81. The summed E-state index contributed by atoms with van der Waals surface area (Å²) < 4.78 is 10.6. The van der Waals surface area contributed by atoms with Gasteiger partial charge in [-0.2, -0.15) is 0 Å². The summed E-state index contributed by atoms with van der Waals surface area (Å²) in [5.74, 6) is 0.900. The van der Waals surface area contributed by atoms with Crippen LogP contribution in [0.25, 0.3) is 0 Å². The average molecular weight is 327 g/mol. The molecule has 0 aromatic rings. The maximum absolute atomic E-state index is 5.37. The zero-order valence-corrected chi connectivity index (χ0v) is 14.7. The predicted molar refractivity (Wildman–Crippen MR) is 93.1 cm³/mol. The fraction of sp³-hybridized carbons (Fsp3) is 0.938. The van der Waals surface area contributed by atoms with Gasteiger partial charge in [0.25, 0.3) is 0 Å². The Kier molecular flexibility index (Phi) is 8.67. The summed E-state index contributed by atoms with van der Waals surface area (Å²) in [7, 11) is 3.60. The van der Waals surface area contributed by atoms with Crippen molar-refractivity contribution in [2.24, 2.45) is 4.99 Å². The molecule has 0 aromatic carbocycles. The molecule has 0 radical (unpaired) electrons. The fourth-order valence-electron chi connectivity index (χ4n) is 3.22. The molecule has 0 aromatic heterocycles. The first-order chi connectivity index (χ1) is 11.3. The van der Waals surface area contributed by atoms with E-state index in [1.54, 1.807) is 7.11 Å². The third-order valence-electron chi connectivity index (χ3n) is 4.63. The maximum Gasteiger partial charge on any atom is 0.191 e. The summed E-state index contributed by atoms with van der Waals surface area (Å²) in [5.41, 5.74) is 0. The molecule has 0 saturated carbocycles. The molecule has 7 nitrogen and oxygen atoms in total. The second-order valence-electron chi connectivity index (χ2n) is 6.16. The molecular formula is C16H33N5O2. The van der Waals surface area contributed by atoms with Crippen molar-refractivity contribution >= 4 is 5.96 Å². The number of morpholine rings is 1. The van der Waals surface area contributed by atoms with E-state index in [1.165, 1.54) is 19.4 Å². The molecule has 1 unspecified atom stereocenters. The van der Waals surface area contributed by atoms with E-state index in [9.17, 15) is 0 Å². The van der Waals surface area contributed by atoms with Crippen LogP contribution in [0.2, 0.25) is 0 Å². The summed E-state index contributed by atoms with van der Waals surface area (Å²) in [6, 6.07) is 0.586. The third-order valence-corrected chi connectivity index (χ3v) is 4.63. The molecule has 1 atom stereocenters. The van der Waals surface area contributed by atoms with Gasteiger partial charge in [0.15, 0.2) is 5.96 Å². The summed E-state index contributed by atoms with van der Waals surface area (Å²) in [6.45, 7) is 9.67. The van der Waals surface area contributed by atoms with Crippen LogP contribution in [0.4, 0.5) is 0 Å². The Labute approximate surface area is 140 Å². The standard InChI is InChI=1S/C16H33N5O2/c1-17-16(18-5-7-20-8-12-23-13-9-20)19-14-15-4-3-6-21(15)10-11-22-2/h15H,3-14H2,1-2H3,(H2,17,18,19). The van der Waals surface area contributed by atoms with Crippen molar-refractivity contribution in [1.82, 2.24) is 20.4 Å². The van der Waals surface area contributed by atoms with Crippen LogP contribution in [0.3, 0.4) is 0 Å². The van der Waals surface area contributed by atoms with Crippen molar-refractivity contribution in [1.29, 1.82) is 0 Å². The minimum atomic E-state index is 0.586. The van der Waals surface area contributed by atoms with Crippen LogP contribution in [0.15, 0.2) is 4.99 Å². The fourth-order valence-corrected chi connectivity index (χ4v) is 3.22. The summed E-state index contributed by atoms with van der Waals surface area (Å²) in [4.78, 5) is 9.26. The highest BCUT2D eigenvalue weighted by Crippen LogP contribution is 2.15. The second-order valence-corrected chi connectivity index (χ2v) is 6.16.